The number of hydrogen-bond donors (Lipinski definition) is 1. The summed E-state index contributed by atoms with van der Waals surface area (Å²) < 4.78 is 0. The maximum atomic E-state index is 5.69. The van der Waals surface area contributed by atoms with Crippen molar-refractivity contribution < 1.29 is 0 Å². The zero-order valence-electron chi connectivity index (χ0n) is 10.2. The van der Waals surface area contributed by atoms with Gasteiger partial charge in [0.1, 0.15) is 12.1 Å². The SMILES string of the molecule is Nc1ccc2c(/C=C/c3cncnc3)cccc2n1. The number of aromatic nitrogens is 3. The molecule has 2 heterocycles. The van der Waals surface area contributed by atoms with Gasteiger partial charge in [0.25, 0.3) is 0 Å². The average Bonchev–Trinajstić information content (AvgIpc) is 2.45. The quantitative estimate of drug-likeness (QED) is 0.757. The van der Waals surface area contributed by atoms with Crippen LogP contribution >= 0.6 is 0 Å². The molecule has 4 heteroatoms. The Kier molecular flexibility index (Phi) is 2.90. The van der Waals surface area contributed by atoms with E-state index in [9.17, 15) is 0 Å². The smallest absolute Gasteiger partial charge is 0.124 e. The molecule has 0 fully saturated rings. The van der Waals surface area contributed by atoms with E-state index >= 15 is 0 Å². The van der Waals surface area contributed by atoms with Gasteiger partial charge in [-0.3, -0.25) is 0 Å². The Labute approximate surface area is 110 Å². The molecule has 92 valence electrons. The largest absolute Gasteiger partial charge is 0.384 e. The van der Waals surface area contributed by atoms with Gasteiger partial charge in [-0.15, -0.1) is 0 Å². The van der Waals surface area contributed by atoms with E-state index in [-0.39, 0.29) is 0 Å². The van der Waals surface area contributed by atoms with E-state index in [2.05, 4.69) is 15.0 Å². The molecular weight excluding hydrogens is 236 g/mol. The monoisotopic (exact) mass is 248 g/mol. The standard InChI is InChI=1S/C15H12N4/c16-15-7-6-13-12(2-1-3-14(13)19-15)5-4-11-8-17-10-18-9-11/h1-10H,(H2,16,19)/b5-4+. The molecule has 19 heavy (non-hydrogen) atoms. The minimum Gasteiger partial charge on any atom is -0.384 e. The third kappa shape index (κ3) is 2.42. The zero-order valence-corrected chi connectivity index (χ0v) is 10.2. The highest BCUT2D eigenvalue weighted by atomic mass is 14.8. The third-order valence-electron chi connectivity index (χ3n) is 2.82. The first-order valence-electron chi connectivity index (χ1n) is 5.91. The fraction of sp³-hybridized carbons (Fsp3) is 0. The van der Waals surface area contributed by atoms with E-state index in [1.54, 1.807) is 12.4 Å². The summed E-state index contributed by atoms with van der Waals surface area (Å²) >= 11 is 0. The van der Waals surface area contributed by atoms with E-state index in [0.717, 1.165) is 22.0 Å². The van der Waals surface area contributed by atoms with Gasteiger partial charge in [0.15, 0.2) is 0 Å². The lowest BCUT2D eigenvalue weighted by atomic mass is 10.1. The van der Waals surface area contributed by atoms with Crippen LogP contribution in [0.3, 0.4) is 0 Å². The van der Waals surface area contributed by atoms with Crippen molar-refractivity contribution >= 4 is 28.9 Å². The summed E-state index contributed by atoms with van der Waals surface area (Å²) in [6.45, 7) is 0. The summed E-state index contributed by atoms with van der Waals surface area (Å²) in [6.07, 6.45) is 9.06. The van der Waals surface area contributed by atoms with Gasteiger partial charge in [-0.25, -0.2) is 15.0 Å². The second-order valence-electron chi connectivity index (χ2n) is 4.16. The van der Waals surface area contributed by atoms with Crippen LogP contribution in [0.1, 0.15) is 11.1 Å². The maximum absolute atomic E-state index is 5.69. The normalized spacial score (nSPS) is 11.2. The zero-order chi connectivity index (χ0) is 13.1. The number of benzene rings is 1. The lowest BCUT2D eigenvalue weighted by Gasteiger charge is -2.02. The fourth-order valence-corrected chi connectivity index (χ4v) is 1.92. The molecule has 2 aromatic heterocycles. The van der Waals surface area contributed by atoms with Gasteiger partial charge in [0, 0.05) is 23.3 Å². The number of nitrogens with two attached hydrogens (primary N) is 1. The van der Waals surface area contributed by atoms with Crippen LogP contribution in [0.15, 0.2) is 49.1 Å². The third-order valence-corrected chi connectivity index (χ3v) is 2.82. The van der Waals surface area contributed by atoms with Crippen LogP contribution in [-0.4, -0.2) is 15.0 Å². The molecule has 0 aliphatic rings. The first-order valence-corrected chi connectivity index (χ1v) is 5.91. The van der Waals surface area contributed by atoms with Crippen molar-refractivity contribution in [2.45, 2.75) is 0 Å². The van der Waals surface area contributed by atoms with Crippen molar-refractivity contribution in [1.82, 2.24) is 15.0 Å². The number of rotatable bonds is 2. The highest BCUT2D eigenvalue weighted by Crippen LogP contribution is 2.20. The number of fused-ring (bicyclic) bond motifs is 1. The molecule has 0 amide bonds. The molecule has 0 aliphatic heterocycles. The van der Waals surface area contributed by atoms with Gasteiger partial charge in [0.2, 0.25) is 0 Å². The van der Waals surface area contributed by atoms with Crippen molar-refractivity contribution in [3.63, 3.8) is 0 Å². The second kappa shape index (κ2) is 4.86. The Bertz CT molecular complexity index is 735. The van der Waals surface area contributed by atoms with Crippen molar-refractivity contribution in [1.29, 1.82) is 0 Å². The summed E-state index contributed by atoms with van der Waals surface area (Å²) in [5.74, 6) is 0.532. The van der Waals surface area contributed by atoms with Crippen LogP contribution < -0.4 is 5.73 Å². The molecule has 0 unspecified atom stereocenters. The van der Waals surface area contributed by atoms with Crippen molar-refractivity contribution in [3.05, 3.63) is 60.2 Å². The van der Waals surface area contributed by atoms with E-state index in [0.29, 0.717) is 5.82 Å². The highest BCUT2D eigenvalue weighted by Gasteiger charge is 1.99. The van der Waals surface area contributed by atoms with Gasteiger partial charge in [-0.05, 0) is 23.8 Å². The lowest BCUT2D eigenvalue weighted by molar-refractivity contribution is 1.16. The molecule has 0 bridgehead atoms. The molecule has 0 radical (unpaired) electrons. The Morgan fingerprint density at radius 3 is 2.63 bits per heavy atom. The summed E-state index contributed by atoms with van der Waals surface area (Å²) in [6, 6.07) is 9.76. The molecule has 3 rings (SSSR count). The Morgan fingerprint density at radius 2 is 1.79 bits per heavy atom. The molecule has 3 aromatic rings. The van der Waals surface area contributed by atoms with E-state index in [1.165, 1.54) is 6.33 Å². The van der Waals surface area contributed by atoms with Crippen molar-refractivity contribution in [3.8, 4) is 0 Å². The van der Waals surface area contributed by atoms with Crippen LogP contribution in [0.25, 0.3) is 23.1 Å². The molecule has 0 spiro atoms. The predicted octanol–water partition coefficient (Wildman–Crippen LogP) is 2.78. The number of anilines is 1. The summed E-state index contributed by atoms with van der Waals surface area (Å²) in [7, 11) is 0. The van der Waals surface area contributed by atoms with Gasteiger partial charge >= 0.3 is 0 Å². The van der Waals surface area contributed by atoms with Gasteiger partial charge < -0.3 is 5.73 Å². The van der Waals surface area contributed by atoms with Crippen LogP contribution in [0.5, 0.6) is 0 Å². The highest BCUT2D eigenvalue weighted by molar-refractivity contribution is 5.91. The molecular formula is C15H12N4. The first kappa shape index (κ1) is 11.3. The minimum absolute atomic E-state index is 0.532. The van der Waals surface area contributed by atoms with E-state index in [4.69, 9.17) is 5.73 Å². The topological polar surface area (TPSA) is 64.7 Å². The predicted molar refractivity (Wildman–Crippen MR) is 77.1 cm³/mol. The average molecular weight is 248 g/mol. The summed E-state index contributed by atoms with van der Waals surface area (Å²) in [5.41, 5.74) is 8.64. The summed E-state index contributed by atoms with van der Waals surface area (Å²) in [4.78, 5) is 12.3. The Morgan fingerprint density at radius 1 is 0.947 bits per heavy atom. The van der Waals surface area contributed by atoms with Gasteiger partial charge in [0.05, 0.1) is 5.52 Å². The molecule has 0 atom stereocenters. The second-order valence-corrected chi connectivity index (χ2v) is 4.16. The number of hydrogen-bond acceptors (Lipinski definition) is 4. The van der Waals surface area contributed by atoms with Crippen LogP contribution in [0, 0.1) is 0 Å². The molecule has 0 saturated carbocycles. The number of nitrogen functional groups attached to an aromatic ring is 1. The fourth-order valence-electron chi connectivity index (χ4n) is 1.92. The van der Waals surface area contributed by atoms with Crippen LogP contribution in [-0.2, 0) is 0 Å². The van der Waals surface area contributed by atoms with Crippen LogP contribution in [0.4, 0.5) is 5.82 Å². The van der Waals surface area contributed by atoms with E-state index in [1.807, 2.05) is 42.5 Å². The molecule has 2 N–H and O–H groups in total. The summed E-state index contributed by atoms with van der Waals surface area (Å²) in [5, 5.41) is 1.07. The van der Waals surface area contributed by atoms with Crippen LogP contribution in [0.2, 0.25) is 0 Å². The van der Waals surface area contributed by atoms with E-state index < -0.39 is 0 Å². The number of pyridine rings is 1. The molecule has 0 saturated heterocycles. The Hall–Kier alpha value is -2.75. The lowest BCUT2D eigenvalue weighted by Crippen LogP contribution is -1.90. The molecule has 0 aliphatic carbocycles. The maximum Gasteiger partial charge on any atom is 0.124 e. The van der Waals surface area contributed by atoms with Crippen molar-refractivity contribution in [2.75, 3.05) is 5.73 Å². The minimum atomic E-state index is 0.532. The number of nitrogens with zero attached hydrogens (tertiary/aromatic N) is 3. The molecule has 1 aromatic carbocycles. The first-order chi connectivity index (χ1) is 9.33. The van der Waals surface area contributed by atoms with Crippen molar-refractivity contribution in [2.24, 2.45) is 0 Å². The van der Waals surface area contributed by atoms with Gasteiger partial charge in [-0.2, -0.15) is 0 Å². The Balaban J connectivity index is 2.04. The molecule has 4 nitrogen and oxygen atoms in total. The van der Waals surface area contributed by atoms with Gasteiger partial charge in [-0.1, -0.05) is 24.3 Å².